The maximum Gasteiger partial charge on any atom is 0.272 e. The Hall–Kier alpha value is -6.65. The average molecular weight is 961 g/mol. The molecule has 9 rings (SSSR count). The second-order valence-electron chi connectivity index (χ2n) is 19.4. The molecule has 5 heterocycles. The van der Waals surface area contributed by atoms with Gasteiger partial charge in [-0.3, -0.25) is 34.0 Å². The number of hydrogen-bond acceptors (Lipinski definition) is 10. The van der Waals surface area contributed by atoms with E-state index in [4.69, 9.17) is 4.98 Å². The molecule has 0 spiro atoms. The number of piperazine rings is 2. The first-order chi connectivity index (χ1) is 34.5. The Kier molecular flexibility index (Phi) is 16.0. The molecular weight excluding hydrogens is 896 g/mol. The number of likely N-dealkylation sites (tertiary alicyclic amines) is 1. The number of pyridine rings is 1. The molecule has 3 N–H and O–H groups in total. The number of aryl methyl sites for hydroxylation is 2. The second-order valence-corrected chi connectivity index (χ2v) is 19.4. The Morgan fingerprint density at radius 1 is 0.718 bits per heavy atom. The number of H-pyrrole nitrogens is 1. The smallest absolute Gasteiger partial charge is 0.272 e. The van der Waals surface area contributed by atoms with Crippen LogP contribution in [0.1, 0.15) is 63.8 Å². The van der Waals surface area contributed by atoms with Crippen LogP contribution in [0.2, 0.25) is 0 Å². The van der Waals surface area contributed by atoms with Gasteiger partial charge in [0, 0.05) is 95.6 Å². The summed E-state index contributed by atoms with van der Waals surface area (Å²) in [4.78, 5) is 68.3. The van der Waals surface area contributed by atoms with E-state index in [1.807, 2.05) is 29.3 Å². The summed E-state index contributed by atoms with van der Waals surface area (Å²) in [7, 11) is 0. The van der Waals surface area contributed by atoms with Crippen LogP contribution in [0, 0.1) is 18.7 Å². The van der Waals surface area contributed by atoms with E-state index in [2.05, 4.69) is 97.9 Å². The van der Waals surface area contributed by atoms with Crippen molar-refractivity contribution in [3.05, 3.63) is 159 Å². The molecule has 0 aliphatic carbocycles. The van der Waals surface area contributed by atoms with Crippen molar-refractivity contribution in [1.29, 1.82) is 0 Å². The molecule has 3 aliphatic rings. The quantitative estimate of drug-likeness (QED) is 0.104. The third kappa shape index (κ3) is 12.6. The number of aromatic nitrogens is 3. The summed E-state index contributed by atoms with van der Waals surface area (Å²) in [5.41, 5.74) is 8.33. The van der Waals surface area contributed by atoms with Gasteiger partial charge < -0.3 is 25.3 Å². The zero-order chi connectivity index (χ0) is 49.3. The van der Waals surface area contributed by atoms with Crippen molar-refractivity contribution in [2.45, 2.75) is 52.6 Å². The Labute approximate surface area is 415 Å². The van der Waals surface area contributed by atoms with E-state index in [0.717, 1.165) is 93.1 Å². The van der Waals surface area contributed by atoms with Crippen LogP contribution in [0.25, 0.3) is 21.9 Å². The van der Waals surface area contributed by atoms with Crippen LogP contribution in [-0.4, -0.2) is 142 Å². The number of halogens is 1. The molecule has 71 heavy (non-hydrogen) atoms. The van der Waals surface area contributed by atoms with Gasteiger partial charge in [0.25, 0.3) is 11.5 Å². The molecule has 3 saturated heterocycles. The molecule has 0 radical (unpaired) electrons. The lowest BCUT2D eigenvalue weighted by Gasteiger charge is -2.40. The van der Waals surface area contributed by atoms with Crippen LogP contribution in [-0.2, 0) is 35.5 Å². The highest BCUT2D eigenvalue weighted by molar-refractivity contribution is 5.95. The number of aromatic amines is 1. The van der Waals surface area contributed by atoms with E-state index in [0.29, 0.717) is 80.2 Å². The standard InChI is InChI=1S/C56H65FN10O4/c1-3-40-9-7-11-44(29-40)45-32-51(60-53(68)35-58-33-43-10-6-8-39(2)28-43)52(59-34-45)37-63-18-16-41(17-19-63)36-64-20-22-65(23-21-64)38-54(69)66-24-26-67(27-25-66)56(71)48-30-42(14-15-49(48)57)31-50-46-12-4-5-13-47(46)55(70)62-61-50/h4-15,28-30,32,34,41,58H,3,16-27,31,33,35-38H2,1-2H3,(H,60,68)(H,62,70). The van der Waals surface area contributed by atoms with E-state index in [1.165, 1.54) is 17.2 Å². The molecule has 3 aliphatic heterocycles. The average Bonchev–Trinajstić information content (AvgIpc) is 3.39. The molecule has 15 heteroatoms. The third-order valence-corrected chi connectivity index (χ3v) is 14.4. The Bertz CT molecular complexity index is 2900. The van der Waals surface area contributed by atoms with Crippen molar-refractivity contribution in [2.75, 3.05) is 90.4 Å². The topological polar surface area (TPSA) is 150 Å². The van der Waals surface area contributed by atoms with E-state index in [-0.39, 0.29) is 29.5 Å². The second kappa shape index (κ2) is 23.1. The van der Waals surface area contributed by atoms with E-state index in [9.17, 15) is 19.2 Å². The van der Waals surface area contributed by atoms with Gasteiger partial charge in [0.2, 0.25) is 11.8 Å². The third-order valence-electron chi connectivity index (χ3n) is 14.4. The largest absolute Gasteiger partial charge is 0.338 e. The molecule has 0 bridgehead atoms. The molecule has 370 valence electrons. The van der Waals surface area contributed by atoms with Crippen LogP contribution in [0.4, 0.5) is 10.1 Å². The van der Waals surface area contributed by atoms with Crippen molar-refractivity contribution in [1.82, 2.24) is 45.0 Å². The number of nitrogens with one attached hydrogen (secondary N) is 3. The number of anilines is 1. The lowest BCUT2D eigenvalue weighted by atomic mass is 9.95. The summed E-state index contributed by atoms with van der Waals surface area (Å²) >= 11 is 0. The number of fused-ring (bicyclic) bond motifs is 1. The number of hydrogen-bond donors (Lipinski definition) is 3. The zero-order valence-corrected chi connectivity index (χ0v) is 41.0. The summed E-state index contributed by atoms with van der Waals surface area (Å²) in [6, 6.07) is 30.6. The number of nitrogens with zero attached hydrogens (tertiary/aromatic N) is 7. The lowest BCUT2D eigenvalue weighted by molar-refractivity contribution is -0.134. The lowest BCUT2D eigenvalue weighted by Crippen LogP contribution is -2.55. The summed E-state index contributed by atoms with van der Waals surface area (Å²) in [6.45, 7) is 13.9. The SMILES string of the molecule is CCc1cccc(-c2cnc(CN3CCC(CN4CCN(CC(=O)N5CCN(C(=O)c6cc(Cc7n[nH]c(=O)c8ccccc78)ccc6F)CC5)CC4)CC3)c(NC(=O)CNCc3cccc(C)c3)c2)c1. The predicted molar refractivity (Wildman–Crippen MR) is 276 cm³/mol. The first-order valence-electron chi connectivity index (χ1n) is 25.2. The fraction of sp³-hybridized carbons (Fsp3) is 0.393. The molecule has 14 nitrogen and oxygen atoms in total. The summed E-state index contributed by atoms with van der Waals surface area (Å²) in [5, 5.41) is 14.5. The maximum absolute atomic E-state index is 15.1. The van der Waals surface area contributed by atoms with Gasteiger partial charge in [-0.25, -0.2) is 9.49 Å². The molecular formula is C56H65FN10O4. The van der Waals surface area contributed by atoms with Crippen LogP contribution >= 0.6 is 0 Å². The number of rotatable bonds is 16. The van der Waals surface area contributed by atoms with Gasteiger partial charge in [-0.2, -0.15) is 5.10 Å². The van der Waals surface area contributed by atoms with Gasteiger partial charge in [0.05, 0.1) is 41.1 Å². The normalized spacial score (nSPS) is 16.4. The van der Waals surface area contributed by atoms with Crippen molar-refractivity contribution in [2.24, 2.45) is 5.92 Å². The fourth-order valence-corrected chi connectivity index (χ4v) is 10.2. The van der Waals surface area contributed by atoms with Crippen molar-refractivity contribution in [3.63, 3.8) is 0 Å². The van der Waals surface area contributed by atoms with E-state index >= 15 is 4.39 Å². The molecule has 0 atom stereocenters. The van der Waals surface area contributed by atoms with Gasteiger partial charge in [-0.05, 0) is 91.7 Å². The van der Waals surface area contributed by atoms with Crippen molar-refractivity contribution >= 4 is 34.2 Å². The van der Waals surface area contributed by atoms with Crippen molar-refractivity contribution < 1.29 is 18.8 Å². The Balaban J connectivity index is 0.711. The minimum atomic E-state index is -0.596. The molecule has 6 aromatic rings. The Morgan fingerprint density at radius 2 is 1.45 bits per heavy atom. The van der Waals surface area contributed by atoms with Crippen LogP contribution in [0.3, 0.4) is 0 Å². The Morgan fingerprint density at radius 3 is 2.23 bits per heavy atom. The summed E-state index contributed by atoms with van der Waals surface area (Å²) in [5.74, 6) is -0.453. The summed E-state index contributed by atoms with van der Waals surface area (Å²) < 4.78 is 15.1. The van der Waals surface area contributed by atoms with Gasteiger partial charge in [-0.1, -0.05) is 85.3 Å². The van der Waals surface area contributed by atoms with E-state index in [1.54, 1.807) is 29.2 Å². The number of benzene rings is 4. The van der Waals surface area contributed by atoms with Gasteiger partial charge in [0.1, 0.15) is 5.82 Å². The molecule has 0 saturated carbocycles. The number of carbonyl (C=O) groups excluding carboxylic acids is 3. The minimum Gasteiger partial charge on any atom is -0.338 e. The van der Waals surface area contributed by atoms with Gasteiger partial charge >= 0.3 is 0 Å². The van der Waals surface area contributed by atoms with Gasteiger partial charge in [-0.15, -0.1) is 0 Å². The minimum absolute atomic E-state index is 0.0122. The number of piperidine rings is 1. The number of amides is 3. The molecule has 3 fully saturated rings. The highest BCUT2D eigenvalue weighted by Gasteiger charge is 2.30. The summed E-state index contributed by atoms with van der Waals surface area (Å²) in [6.07, 6.45) is 5.37. The van der Waals surface area contributed by atoms with Crippen LogP contribution < -0.4 is 16.2 Å². The monoisotopic (exact) mass is 961 g/mol. The number of carbonyl (C=O) groups is 3. The predicted octanol–water partition coefficient (Wildman–Crippen LogP) is 6.13. The highest BCUT2D eigenvalue weighted by atomic mass is 19.1. The van der Waals surface area contributed by atoms with Gasteiger partial charge in [0.15, 0.2) is 0 Å². The van der Waals surface area contributed by atoms with Crippen LogP contribution in [0.15, 0.2) is 108 Å². The van der Waals surface area contributed by atoms with Crippen molar-refractivity contribution in [3.8, 4) is 11.1 Å². The van der Waals surface area contributed by atoms with E-state index < -0.39 is 11.7 Å². The first kappa shape index (κ1) is 49.3. The molecule has 2 aromatic heterocycles. The highest BCUT2D eigenvalue weighted by Crippen LogP contribution is 2.28. The molecule has 0 unspecified atom stereocenters. The first-order valence-corrected chi connectivity index (χ1v) is 25.2. The van der Waals surface area contributed by atoms with Crippen LogP contribution in [0.5, 0.6) is 0 Å². The fourth-order valence-electron chi connectivity index (χ4n) is 10.2. The maximum atomic E-state index is 15.1. The molecule has 4 aromatic carbocycles. The molecule has 3 amide bonds. The zero-order valence-electron chi connectivity index (χ0n) is 41.0.